The van der Waals surface area contributed by atoms with E-state index in [1.165, 1.54) is 19.0 Å². The van der Waals surface area contributed by atoms with Gasteiger partial charge in [0.25, 0.3) is 0 Å². The fourth-order valence-corrected chi connectivity index (χ4v) is 1.82. The Kier molecular flexibility index (Phi) is 3.60. The number of nitrogens with zero attached hydrogens (tertiary/aromatic N) is 2. The molecule has 0 aromatic carbocycles. The molecule has 2 aromatic rings. The lowest BCUT2D eigenvalue weighted by molar-refractivity contribution is 0.286. The van der Waals surface area contributed by atoms with Gasteiger partial charge in [0.2, 0.25) is 11.8 Å². The first-order chi connectivity index (χ1) is 9.70. The van der Waals surface area contributed by atoms with Crippen LogP contribution in [0.3, 0.4) is 0 Å². The maximum atomic E-state index is 5.85. The first kappa shape index (κ1) is 13.0. The molecule has 0 unspecified atom stereocenters. The molecular weight excluding hydrogens is 278 g/mol. The molecule has 0 aliphatic heterocycles. The molecule has 2 heterocycles. The summed E-state index contributed by atoms with van der Waals surface area (Å²) in [5, 5.41) is 0.503. The lowest BCUT2D eigenvalue weighted by atomic mass is 10.4. The Bertz CT molecular complexity index is 617. The molecule has 5 nitrogen and oxygen atoms in total. The second-order valence-electron chi connectivity index (χ2n) is 4.74. The standard InChI is InChI=1S/C14H14ClN3O2/c15-10-5-11(7-17-6-10)20-13-4-3-12(16)14(18-13)19-8-9-1-2-9/h3-7,9H,1-2,8,16H2. The number of hydrogen-bond donors (Lipinski definition) is 1. The van der Waals surface area contributed by atoms with E-state index < -0.39 is 0 Å². The summed E-state index contributed by atoms with van der Waals surface area (Å²) in [5.74, 6) is 1.96. The second kappa shape index (κ2) is 5.54. The van der Waals surface area contributed by atoms with Crippen molar-refractivity contribution >= 4 is 17.3 Å². The molecule has 1 aliphatic rings. The minimum absolute atomic E-state index is 0.397. The molecule has 2 N–H and O–H groups in total. The van der Waals surface area contributed by atoms with Crippen molar-refractivity contribution in [3.05, 3.63) is 35.6 Å². The minimum Gasteiger partial charge on any atom is -0.476 e. The molecule has 2 aromatic heterocycles. The van der Waals surface area contributed by atoms with Gasteiger partial charge in [0.1, 0.15) is 5.75 Å². The first-order valence-corrected chi connectivity index (χ1v) is 6.76. The number of aromatic nitrogens is 2. The summed E-state index contributed by atoms with van der Waals surface area (Å²) >= 11 is 5.85. The van der Waals surface area contributed by atoms with Crippen molar-refractivity contribution in [1.82, 2.24) is 9.97 Å². The summed E-state index contributed by atoms with van der Waals surface area (Å²) in [4.78, 5) is 8.20. The van der Waals surface area contributed by atoms with Gasteiger partial charge >= 0.3 is 0 Å². The fraction of sp³-hybridized carbons (Fsp3) is 0.286. The number of hydrogen-bond acceptors (Lipinski definition) is 5. The number of rotatable bonds is 5. The van der Waals surface area contributed by atoms with Crippen LogP contribution in [0.1, 0.15) is 12.8 Å². The lowest BCUT2D eigenvalue weighted by Crippen LogP contribution is -2.04. The van der Waals surface area contributed by atoms with E-state index in [9.17, 15) is 0 Å². The van der Waals surface area contributed by atoms with Gasteiger partial charge in [-0.05, 0) is 24.8 Å². The highest BCUT2D eigenvalue weighted by Crippen LogP contribution is 2.31. The van der Waals surface area contributed by atoms with Crippen molar-refractivity contribution in [1.29, 1.82) is 0 Å². The molecule has 1 saturated carbocycles. The van der Waals surface area contributed by atoms with Crippen molar-refractivity contribution in [3.8, 4) is 17.5 Å². The molecule has 6 heteroatoms. The molecule has 0 saturated heterocycles. The van der Waals surface area contributed by atoms with Gasteiger partial charge in [-0.15, -0.1) is 0 Å². The highest BCUT2D eigenvalue weighted by Gasteiger charge is 2.22. The van der Waals surface area contributed by atoms with E-state index in [4.69, 9.17) is 26.8 Å². The SMILES string of the molecule is Nc1ccc(Oc2cncc(Cl)c2)nc1OCC1CC1. The summed E-state index contributed by atoms with van der Waals surface area (Å²) in [5.41, 5.74) is 6.34. The molecule has 104 valence electrons. The van der Waals surface area contributed by atoms with Crippen LogP contribution in [0.5, 0.6) is 17.5 Å². The highest BCUT2D eigenvalue weighted by atomic mass is 35.5. The summed E-state index contributed by atoms with van der Waals surface area (Å²) in [6, 6.07) is 5.06. The van der Waals surface area contributed by atoms with Crippen LogP contribution in [0.25, 0.3) is 0 Å². The van der Waals surface area contributed by atoms with Gasteiger partial charge in [-0.2, -0.15) is 4.98 Å². The van der Waals surface area contributed by atoms with Crippen molar-refractivity contribution < 1.29 is 9.47 Å². The van der Waals surface area contributed by atoms with E-state index in [1.807, 2.05) is 0 Å². The van der Waals surface area contributed by atoms with Gasteiger partial charge in [0.15, 0.2) is 0 Å². The molecule has 20 heavy (non-hydrogen) atoms. The van der Waals surface area contributed by atoms with Crippen LogP contribution in [0.15, 0.2) is 30.6 Å². The van der Waals surface area contributed by atoms with E-state index in [-0.39, 0.29) is 0 Å². The van der Waals surface area contributed by atoms with Crippen LogP contribution in [-0.4, -0.2) is 16.6 Å². The molecule has 3 rings (SSSR count). The maximum Gasteiger partial charge on any atom is 0.240 e. The number of nitrogen functional groups attached to an aromatic ring is 1. The summed E-state index contributed by atoms with van der Waals surface area (Å²) < 4.78 is 11.2. The first-order valence-electron chi connectivity index (χ1n) is 6.38. The third kappa shape index (κ3) is 3.30. The van der Waals surface area contributed by atoms with Gasteiger partial charge < -0.3 is 15.2 Å². The fourth-order valence-electron chi connectivity index (χ4n) is 1.66. The largest absolute Gasteiger partial charge is 0.476 e. The van der Waals surface area contributed by atoms with Crippen LogP contribution in [-0.2, 0) is 0 Å². The molecular formula is C14H14ClN3O2. The van der Waals surface area contributed by atoms with Crippen LogP contribution in [0.4, 0.5) is 5.69 Å². The predicted octanol–water partition coefficient (Wildman–Crippen LogP) is 3.29. The molecule has 0 atom stereocenters. The topological polar surface area (TPSA) is 70.3 Å². The number of pyridine rings is 2. The highest BCUT2D eigenvalue weighted by molar-refractivity contribution is 6.30. The van der Waals surface area contributed by atoms with E-state index >= 15 is 0 Å². The van der Waals surface area contributed by atoms with Gasteiger partial charge in [-0.3, -0.25) is 4.98 Å². The molecule has 0 radical (unpaired) electrons. The van der Waals surface area contributed by atoms with E-state index in [2.05, 4.69) is 9.97 Å². The quantitative estimate of drug-likeness (QED) is 0.915. The zero-order chi connectivity index (χ0) is 13.9. The Morgan fingerprint density at radius 1 is 1.30 bits per heavy atom. The van der Waals surface area contributed by atoms with E-state index in [1.54, 1.807) is 24.4 Å². The molecule has 0 amide bonds. The average molecular weight is 292 g/mol. The molecule has 0 spiro atoms. The number of halogens is 1. The molecule has 1 aliphatic carbocycles. The van der Waals surface area contributed by atoms with Crippen LogP contribution in [0, 0.1) is 5.92 Å². The van der Waals surface area contributed by atoms with Crippen LogP contribution < -0.4 is 15.2 Å². The Hall–Kier alpha value is -2.01. The smallest absolute Gasteiger partial charge is 0.240 e. The second-order valence-corrected chi connectivity index (χ2v) is 5.18. The Balaban J connectivity index is 1.73. The zero-order valence-corrected chi connectivity index (χ0v) is 11.5. The van der Waals surface area contributed by atoms with Crippen molar-refractivity contribution in [2.45, 2.75) is 12.8 Å². The van der Waals surface area contributed by atoms with Gasteiger partial charge in [0, 0.05) is 18.3 Å². The number of ether oxygens (including phenoxy) is 2. The minimum atomic E-state index is 0.397. The van der Waals surface area contributed by atoms with Gasteiger partial charge in [0.05, 0.1) is 23.5 Å². The van der Waals surface area contributed by atoms with Crippen LogP contribution >= 0.6 is 11.6 Å². The summed E-state index contributed by atoms with van der Waals surface area (Å²) in [6.07, 6.45) is 5.53. The third-order valence-electron chi connectivity index (χ3n) is 2.92. The maximum absolute atomic E-state index is 5.85. The number of nitrogens with two attached hydrogens (primary N) is 1. The van der Waals surface area contributed by atoms with E-state index in [0.717, 1.165) is 0 Å². The average Bonchev–Trinajstić information content (AvgIpc) is 3.23. The third-order valence-corrected chi connectivity index (χ3v) is 3.13. The lowest BCUT2D eigenvalue weighted by Gasteiger charge is -2.10. The number of anilines is 1. The van der Waals surface area contributed by atoms with Gasteiger partial charge in [-0.25, -0.2) is 0 Å². The monoisotopic (exact) mass is 291 g/mol. The Morgan fingerprint density at radius 2 is 2.15 bits per heavy atom. The summed E-state index contributed by atoms with van der Waals surface area (Å²) in [6.45, 7) is 0.652. The van der Waals surface area contributed by atoms with Crippen LogP contribution in [0.2, 0.25) is 5.02 Å². The molecule has 0 bridgehead atoms. The Labute approximate surface area is 121 Å². The predicted molar refractivity (Wildman–Crippen MR) is 76.2 cm³/mol. The Morgan fingerprint density at radius 3 is 2.90 bits per heavy atom. The zero-order valence-electron chi connectivity index (χ0n) is 10.8. The van der Waals surface area contributed by atoms with Crippen molar-refractivity contribution in [2.24, 2.45) is 5.92 Å². The summed E-state index contributed by atoms with van der Waals surface area (Å²) in [7, 11) is 0. The van der Waals surface area contributed by atoms with E-state index in [0.29, 0.717) is 40.7 Å². The van der Waals surface area contributed by atoms with Gasteiger partial charge in [-0.1, -0.05) is 11.6 Å². The van der Waals surface area contributed by atoms with Crippen molar-refractivity contribution in [2.75, 3.05) is 12.3 Å². The molecule has 1 fully saturated rings. The normalized spacial score (nSPS) is 14.1. The van der Waals surface area contributed by atoms with Crippen molar-refractivity contribution in [3.63, 3.8) is 0 Å².